The minimum atomic E-state index is 0.0839. The predicted octanol–water partition coefficient (Wildman–Crippen LogP) is 1.94. The van der Waals surface area contributed by atoms with Gasteiger partial charge in [0.2, 0.25) is 0 Å². The highest BCUT2D eigenvalue weighted by Crippen LogP contribution is 2.27. The fraction of sp³-hybridized carbons (Fsp3) is 0.333. The smallest absolute Gasteiger partial charge is 0.117 e. The van der Waals surface area contributed by atoms with Gasteiger partial charge in [0.1, 0.15) is 23.0 Å². The Kier molecular flexibility index (Phi) is 3.12. The van der Waals surface area contributed by atoms with Crippen LogP contribution in [0, 0.1) is 0 Å². The molecule has 2 heterocycles. The van der Waals surface area contributed by atoms with Gasteiger partial charge in [-0.25, -0.2) is 0 Å². The van der Waals surface area contributed by atoms with Crippen molar-refractivity contribution in [2.24, 2.45) is 11.5 Å². The molecule has 16 heavy (non-hydrogen) atoms. The van der Waals surface area contributed by atoms with E-state index >= 15 is 0 Å². The molecule has 86 valence electrons. The molecule has 2 aromatic rings. The van der Waals surface area contributed by atoms with Crippen LogP contribution >= 0.6 is 0 Å². The second kappa shape index (κ2) is 4.55. The van der Waals surface area contributed by atoms with Crippen LogP contribution in [0.2, 0.25) is 0 Å². The van der Waals surface area contributed by atoms with E-state index in [9.17, 15) is 0 Å². The predicted molar refractivity (Wildman–Crippen MR) is 60.7 cm³/mol. The van der Waals surface area contributed by atoms with Gasteiger partial charge in [-0.1, -0.05) is 0 Å². The summed E-state index contributed by atoms with van der Waals surface area (Å²) in [6.45, 7) is 2.86. The van der Waals surface area contributed by atoms with E-state index in [0.717, 1.165) is 23.0 Å². The van der Waals surface area contributed by atoms with Crippen LogP contribution in [0.3, 0.4) is 0 Å². The van der Waals surface area contributed by atoms with Crippen molar-refractivity contribution in [1.29, 1.82) is 0 Å². The lowest BCUT2D eigenvalue weighted by Crippen LogP contribution is -1.95. The van der Waals surface area contributed by atoms with E-state index in [1.165, 1.54) is 0 Å². The number of hydrogen-bond donors (Lipinski definition) is 2. The van der Waals surface area contributed by atoms with Crippen molar-refractivity contribution >= 4 is 0 Å². The van der Waals surface area contributed by atoms with Crippen LogP contribution in [-0.4, -0.2) is 0 Å². The van der Waals surface area contributed by atoms with E-state index in [0.29, 0.717) is 13.1 Å². The van der Waals surface area contributed by atoms with Crippen LogP contribution in [-0.2, 0) is 13.1 Å². The van der Waals surface area contributed by atoms with Crippen LogP contribution in [0.4, 0.5) is 0 Å². The molecule has 0 saturated carbocycles. The Morgan fingerprint density at radius 2 is 1.38 bits per heavy atom. The van der Waals surface area contributed by atoms with Gasteiger partial charge in [0.05, 0.1) is 19.0 Å². The number of hydrogen-bond acceptors (Lipinski definition) is 4. The second-order valence-corrected chi connectivity index (χ2v) is 3.74. The van der Waals surface area contributed by atoms with Crippen molar-refractivity contribution < 1.29 is 8.83 Å². The third-order valence-corrected chi connectivity index (χ3v) is 2.62. The molecule has 4 heteroatoms. The minimum Gasteiger partial charge on any atom is -0.464 e. The summed E-state index contributed by atoms with van der Waals surface area (Å²) in [4.78, 5) is 0. The van der Waals surface area contributed by atoms with Crippen molar-refractivity contribution in [2.75, 3.05) is 0 Å². The molecule has 0 unspecified atom stereocenters. The van der Waals surface area contributed by atoms with Crippen LogP contribution < -0.4 is 11.5 Å². The molecule has 0 atom stereocenters. The van der Waals surface area contributed by atoms with Crippen molar-refractivity contribution in [3.05, 3.63) is 47.3 Å². The molecule has 0 bridgehead atoms. The van der Waals surface area contributed by atoms with Gasteiger partial charge in [-0.2, -0.15) is 0 Å². The summed E-state index contributed by atoms with van der Waals surface area (Å²) < 4.78 is 11.2. The normalized spacial score (nSPS) is 11.2. The van der Waals surface area contributed by atoms with Crippen LogP contribution in [0.25, 0.3) is 0 Å². The molecular formula is C12H16N2O2. The Balaban J connectivity index is 2.20. The first-order valence-corrected chi connectivity index (χ1v) is 5.32. The summed E-state index contributed by atoms with van der Waals surface area (Å²) in [5.41, 5.74) is 11.0. The molecule has 2 rings (SSSR count). The Morgan fingerprint density at radius 1 is 0.938 bits per heavy atom. The van der Waals surface area contributed by atoms with Crippen LogP contribution in [0.15, 0.2) is 33.1 Å². The lowest BCUT2D eigenvalue weighted by molar-refractivity contribution is 0.407. The van der Waals surface area contributed by atoms with E-state index in [1.807, 2.05) is 31.2 Å². The minimum absolute atomic E-state index is 0.0839. The molecule has 0 aliphatic heterocycles. The Labute approximate surface area is 94.2 Å². The Hall–Kier alpha value is -1.52. The Bertz CT molecular complexity index is 417. The topological polar surface area (TPSA) is 78.3 Å². The highest BCUT2D eigenvalue weighted by Gasteiger charge is 2.16. The summed E-state index contributed by atoms with van der Waals surface area (Å²) in [6, 6.07) is 7.63. The van der Waals surface area contributed by atoms with Crippen LogP contribution in [0.5, 0.6) is 0 Å². The summed E-state index contributed by atoms with van der Waals surface area (Å²) in [7, 11) is 0. The molecule has 0 aliphatic carbocycles. The third-order valence-electron chi connectivity index (χ3n) is 2.62. The first-order valence-electron chi connectivity index (χ1n) is 5.32. The lowest BCUT2D eigenvalue weighted by atomic mass is 10.1. The first kappa shape index (κ1) is 11.0. The van der Waals surface area contributed by atoms with E-state index in [1.54, 1.807) is 0 Å². The summed E-state index contributed by atoms with van der Waals surface area (Å²) >= 11 is 0. The maximum absolute atomic E-state index is 5.58. The molecule has 0 amide bonds. The monoisotopic (exact) mass is 220 g/mol. The highest BCUT2D eigenvalue weighted by molar-refractivity contribution is 5.21. The molecule has 0 spiro atoms. The van der Waals surface area contributed by atoms with Gasteiger partial charge in [-0.05, 0) is 31.2 Å². The Morgan fingerprint density at radius 3 is 1.69 bits per heavy atom. The van der Waals surface area contributed by atoms with E-state index in [-0.39, 0.29) is 5.92 Å². The maximum atomic E-state index is 5.58. The van der Waals surface area contributed by atoms with Gasteiger partial charge in [-0.15, -0.1) is 0 Å². The lowest BCUT2D eigenvalue weighted by Gasteiger charge is -2.04. The van der Waals surface area contributed by atoms with E-state index < -0.39 is 0 Å². The molecule has 4 N–H and O–H groups in total. The summed E-state index contributed by atoms with van der Waals surface area (Å²) in [6.07, 6.45) is 0. The SMILES string of the molecule is CC(c1ccc(CN)o1)c1ccc(CN)o1. The molecule has 4 nitrogen and oxygen atoms in total. The molecular weight excluding hydrogens is 204 g/mol. The third kappa shape index (κ3) is 2.03. The average Bonchev–Trinajstić information content (AvgIpc) is 2.97. The first-order chi connectivity index (χ1) is 7.74. The zero-order valence-electron chi connectivity index (χ0n) is 9.27. The number of furan rings is 2. The molecule has 0 radical (unpaired) electrons. The molecule has 0 aromatic carbocycles. The molecule has 0 saturated heterocycles. The van der Waals surface area contributed by atoms with Gasteiger partial charge in [0.15, 0.2) is 0 Å². The number of nitrogens with two attached hydrogens (primary N) is 2. The van der Waals surface area contributed by atoms with Crippen molar-refractivity contribution in [3.8, 4) is 0 Å². The van der Waals surface area contributed by atoms with Gasteiger partial charge in [0.25, 0.3) is 0 Å². The largest absolute Gasteiger partial charge is 0.464 e. The van der Waals surface area contributed by atoms with E-state index in [2.05, 4.69) is 0 Å². The summed E-state index contributed by atoms with van der Waals surface area (Å²) in [5.74, 6) is 3.37. The van der Waals surface area contributed by atoms with E-state index in [4.69, 9.17) is 20.3 Å². The highest BCUT2D eigenvalue weighted by atomic mass is 16.4. The average molecular weight is 220 g/mol. The fourth-order valence-electron chi connectivity index (χ4n) is 1.61. The zero-order valence-corrected chi connectivity index (χ0v) is 9.27. The van der Waals surface area contributed by atoms with Crippen molar-refractivity contribution in [2.45, 2.75) is 25.9 Å². The summed E-state index contributed by atoms with van der Waals surface area (Å²) in [5, 5.41) is 0. The van der Waals surface area contributed by atoms with Gasteiger partial charge < -0.3 is 20.3 Å². The molecule has 0 aliphatic rings. The maximum Gasteiger partial charge on any atom is 0.117 e. The van der Waals surface area contributed by atoms with Gasteiger partial charge >= 0.3 is 0 Å². The fourth-order valence-corrected chi connectivity index (χ4v) is 1.61. The standard InChI is InChI=1S/C12H16N2O2/c1-8(11-4-2-9(6-13)15-11)12-5-3-10(7-14)16-12/h2-5,8H,6-7,13-14H2,1H3. The quantitative estimate of drug-likeness (QED) is 0.825. The van der Waals surface area contributed by atoms with Gasteiger partial charge in [0, 0.05) is 0 Å². The second-order valence-electron chi connectivity index (χ2n) is 3.74. The van der Waals surface area contributed by atoms with Crippen molar-refractivity contribution in [3.63, 3.8) is 0 Å². The molecule has 2 aromatic heterocycles. The molecule has 0 fully saturated rings. The van der Waals surface area contributed by atoms with Gasteiger partial charge in [-0.3, -0.25) is 0 Å². The number of rotatable bonds is 4. The zero-order chi connectivity index (χ0) is 11.5. The van der Waals surface area contributed by atoms with Crippen molar-refractivity contribution in [1.82, 2.24) is 0 Å². The van der Waals surface area contributed by atoms with Crippen LogP contribution in [0.1, 0.15) is 35.9 Å².